The first-order chi connectivity index (χ1) is 8.81. The SMILES string of the molecule is CCCC1(CN2CC3CCCC3C2)CCCNC1. The second kappa shape index (κ2) is 5.50. The van der Waals surface area contributed by atoms with Crippen molar-refractivity contribution in [2.75, 3.05) is 32.7 Å². The van der Waals surface area contributed by atoms with Crippen molar-refractivity contribution in [1.29, 1.82) is 0 Å². The molecule has 0 aromatic rings. The molecule has 3 rings (SSSR count). The minimum absolute atomic E-state index is 0.603. The van der Waals surface area contributed by atoms with Crippen molar-refractivity contribution in [2.45, 2.75) is 51.9 Å². The van der Waals surface area contributed by atoms with Gasteiger partial charge >= 0.3 is 0 Å². The molecular weight excluding hydrogens is 220 g/mol. The van der Waals surface area contributed by atoms with E-state index in [-0.39, 0.29) is 0 Å². The smallest absolute Gasteiger partial charge is 0.00504 e. The number of fused-ring (bicyclic) bond motifs is 1. The third-order valence-corrected chi connectivity index (χ3v) is 5.70. The summed E-state index contributed by atoms with van der Waals surface area (Å²) in [6.45, 7) is 9.07. The first-order valence-electron chi connectivity index (χ1n) is 8.24. The quantitative estimate of drug-likeness (QED) is 0.825. The Kier molecular flexibility index (Phi) is 3.95. The average Bonchev–Trinajstić information content (AvgIpc) is 2.91. The molecule has 18 heavy (non-hydrogen) atoms. The van der Waals surface area contributed by atoms with E-state index in [4.69, 9.17) is 0 Å². The zero-order valence-electron chi connectivity index (χ0n) is 12.1. The van der Waals surface area contributed by atoms with Crippen LogP contribution in [0.3, 0.4) is 0 Å². The van der Waals surface area contributed by atoms with Crippen molar-refractivity contribution < 1.29 is 0 Å². The lowest BCUT2D eigenvalue weighted by Gasteiger charge is -2.41. The summed E-state index contributed by atoms with van der Waals surface area (Å²) in [7, 11) is 0. The Balaban J connectivity index is 1.59. The molecule has 2 heterocycles. The van der Waals surface area contributed by atoms with Crippen molar-refractivity contribution >= 4 is 0 Å². The van der Waals surface area contributed by atoms with Crippen molar-refractivity contribution in [3.8, 4) is 0 Å². The van der Waals surface area contributed by atoms with Crippen molar-refractivity contribution in [2.24, 2.45) is 17.3 Å². The van der Waals surface area contributed by atoms with Crippen LogP contribution in [0, 0.1) is 17.3 Å². The van der Waals surface area contributed by atoms with E-state index in [1.165, 1.54) is 77.7 Å². The van der Waals surface area contributed by atoms with Gasteiger partial charge < -0.3 is 10.2 Å². The van der Waals surface area contributed by atoms with Crippen molar-refractivity contribution in [1.82, 2.24) is 10.2 Å². The predicted molar refractivity (Wildman–Crippen MR) is 76.7 cm³/mol. The third kappa shape index (κ3) is 2.60. The fourth-order valence-electron chi connectivity index (χ4n) is 4.92. The van der Waals surface area contributed by atoms with Gasteiger partial charge in [0.05, 0.1) is 0 Å². The van der Waals surface area contributed by atoms with Crippen LogP contribution in [-0.4, -0.2) is 37.6 Å². The minimum atomic E-state index is 0.603. The van der Waals surface area contributed by atoms with Crippen LogP contribution in [0.4, 0.5) is 0 Å². The van der Waals surface area contributed by atoms with Crippen LogP contribution in [-0.2, 0) is 0 Å². The first-order valence-corrected chi connectivity index (χ1v) is 8.24. The maximum absolute atomic E-state index is 3.66. The van der Waals surface area contributed by atoms with Crippen LogP contribution < -0.4 is 5.32 Å². The molecule has 0 bridgehead atoms. The molecule has 104 valence electrons. The molecular formula is C16H30N2. The summed E-state index contributed by atoms with van der Waals surface area (Å²) in [4.78, 5) is 2.82. The maximum Gasteiger partial charge on any atom is 0.00504 e. The lowest BCUT2D eigenvalue weighted by atomic mass is 9.76. The molecule has 0 aromatic heterocycles. The Morgan fingerprint density at radius 2 is 1.94 bits per heavy atom. The van der Waals surface area contributed by atoms with Gasteiger partial charge in [0.2, 0.25) is 0 Å². The van der Waals surface area contributed by atoms with E-state index in [0.29, 0.717) is 5.41 Å². The van der Waals surface area contributed by atoms with Gasteiger partial charge in [-0.05, 0) is 55.9 Å². The van der Waals surface area contributed by atoms with Crippen LogP contribution in [0.5, 0.6) is 0 Å². The molecule has 3 aliphatic rings. The van der Waals surface area contributed by atoms with Crippen LogP contribution in [0.2, 0.25) is 0 Å². The Hall–Kier alpha value is -0.0800. The number of rotatable bonds is 4. The van der Waals surface area contributed by atoms with Gasteiger partial charge in [-0.25, -0.2) is 0 Å². The maximum atomic E-state index is 3.66. The van der Waals surface area contributed by atoms with Gasteiger partial charge in [0.1, 0.15) is 0 Å². The van der Waals surface area contributed by atoms with Gasteiger partial charge in [0, 0.05) is 26.2 Å². The second-order valence-electron chi connectivity index (χ2n) is 7.18. The summed E-state index contributed by atoms with van der Waals surface area (Å²) in [6, 6.07) is 0. The van der Waals surface area contributed by atoms with E-state index in [2.05, 4.69) is 17.1 Å². The lowest BCUT2D eigenvalue weighted by molar-refractivity contribution is 0.116. The van der Waals surface area contributed by atoms with Crippen LogP contribution in [0.25, 0.3) is 0 Å². The molecule has 3 unspecified atom stereocenters. The summed E-state index contributed by atoms with van der Waals surface area (Å²) >= 11 is 0. The molecule has 1 saturated carbocycles. The Morgan fingerprint density at radius 1 is 1.17 bits per heavy atom. The van der Waals surface area contributed by atoms with Crippen LogP contribution in [0.1, 0.15) is 51.9 Å². The van der Waals surface area contributed by atoms with E-state index in [1.54, 1.807) is 0 Å². The molecule has 0 spiro atoms. The third-order valence-electron chi connectivity index (χ3n) is 5.70. The zero-order valence-corrected chi connectivity index (χ0v) is 12.1. The molecule has 2 saturated heterocycles. The molecule has 2 nitrogen and oxygen atoms in total. The number of hydrogen-bond donors (Lipinski definition) is 1. The molecule has 0 aromatic carbocycles. The normalized spacial score (nSPS) is 41.2. The molecule has 2 aliphatic heterocycles. The van der Waals surface area contributed by atoms with Crippen LogP contribution in [0.15, 0.2) is 0 Å². The highest BCUT2D eigenvalue weighted by Crippen LogP contribution is 2.40. The van der Waals surface area contributed by atoms with Gasteiger partial charge in [-0.1, -0.05) is 19.8 Å². The summed E-state index contributed by atoms with van der Waals surface area (Å²) in [5.74, 6) is 2.11. The van der Waals surface area contributed by atoms with E-state index < -0.39 is 0 Å². The predicted octanol–water partition coefficient (Wildman–Crippen LogP) is 2.89. The highest BCUT2D eigenvalue weighted by molar-refractivity contribution is 4.94. The molecule has 3 atom stereocenters. The van der Waals surface area contributed by atoms with Crippen molar-refractivity contribution in [3.63, 3.8) is 0 Å². The monoisotopic (exact) mass is 250 g/mol. The molecule has 2 heteroatoms. The Labute approximate surface area is 113 Å². The minimum Gasteiger partial charge on any atom is -0.316 e. The van der Waals surface area contributed by atoms with Crippen molar-refractivity contribution in [3.05, 3.63) is 0 Å². The van der Waals surface area contributed by atoms with E-state index >= 15 is 0 Å². The highest BCUT2D eigenvalue weighted by atomic mass is 15.2. The van der Waals surface area contributed by atoms with Gasteiger partial charge in [-0.3, -0.25) is 0 Å². The highest BCUT2D eigenvalue weighted by Gasteiger charge is 2.40. The fourth-order valence-corrected chi connectivity index (χ4v) is 4.92. The number of hydrogen-bond acceptors (Lipinski definition) is 2. The number of nitrogens with one attached hydrogen (secondary N) is 1. The lowest BCUT2D eigenvalue weighted by Crippen LogP contribution is -2.47. The van der Waals surface area contributed by atoms with Gasteiger partial charge in [0.25, 0.3) is 0 Å². The van der Waals surface area contributed by atoms with Gasteiger partial charge in [-0.15, -0.1) is 0 Å². The largest absolute Gasteiger partial charge is 0.316 e. The number of nitrogens with zero attached hydrogens (tertiary/aromatic N) is 1. The molecule has 1 N–H and O–H groups in total. The van der Waals surface area contributed by atoms with Gasteiger partial charge in [-0.2, -0.15) is 0 Å². The first kappa shape index (κ1) is 12.9. The van der Waals surface area contributed by atoms with Gasteiger partial charge in [0.15, 0.2) is 0 Å². The Bertz CT molecular complexity index is 253. The summed E-state index contributed by atoms with van der Waals surface area (Å²) < 4.78 is 0. The summed E-state index contributed by atoms with van der Waals surface area (Å²) in [5, 5.41) is 3.66. The molecule has 3 fully saturated rings. The average molecular weight is 250 g/mol. The second-order valence-corrected chi connectivity index (χ2v) is 7.18. The fraction of sp³-hybridized carbons (Fsp3) is 1.00. The van der Waals surface area contributed by atoms with E-state index in [0.717, 1.165) is 11.8 Å². The standard InChI is InChI=1S/C16H30N2/c1-2-7-16(8-4-9-17-12-16)13-18-10-14-5-3-6-15(14)11-18/h14-15,17H,2-13H2,1H3. The summed E-state index contributed by atoms with van der Waals surface area (Å²) in [6.07, 6.45) is 10.2. The van der Waals surface area contributed by atoms with E-state index in [1.807, 2.05) is 0 Å². The molecule has 1 aliphatic carbocycles. The topological polar surface area (TPSA) is 15.3 Å². The number of piperidine rings is 1. The Morgan fingerprint density at radius 3 is 2.56 bits per heavy atom. The summed E-state index contributed by atoms with van der Waals surface area (Å²) in [5.41, 5.74) is 0.603. The zero-order chi connectivity index (χ0) is 12.4. The van der Waals surface area contributed by atoms with Crippen LogP contribution >= 0.6 is 0 Å². The molecule has 0 amide bonds. The van der Waals surface area contributed by atoms with E-state index in [9.17, 15) is 0 Å². The molecule has 0 radical (unpaired) electrons. The number of likely N-dealkylation sites (tertiary alicyclic amines) is 1.